The molecular weight excluding hydrogens is 486 g/mol. The number of nitrogens with two attached hydrogens (primary N) is 1. The highest BCUT2D eigenvalue weighted by Crippen LogP contribution is 2.26. The second kappa shape index (κ2) is 11.0. The lowest BCUT2D eigenvalue weighted by molar-refractivity contribution is 0.209. The summed E-state index contributed by atoms with van der Waals surface area (Å²) in [5, 5.41) is 2.90. The van der Waals surface area contributed by atoms with Crippen LogP contribution in [0.4, 0.5) is 20.2 Å². The van der Waals surface area contributed by atoms with Gasteiger partial charge in [-0.3, -0.25) is 0 Å². The van der Waals surface area contributed by atoms with Gasteiger partial charge in [0.25, 0.3) is 0 Å². The summed E-state index contributed by atoms with van der Waals surface area (Å²) in [6.07, 6.45) is 3.22. The van der Waals surface area contributed by atoms with Crippen LogP contribution in [0.1, 0.15) is 25.3 Å². The van der Waals surface area contributed by atoms with Gasteiger partial charge < -0.3 is 15.8 Å². The van der Waals surface area contributed by atoms with Gasteiger partial charge >= 0.3 is 0 Å². The Balaban J connectivity index is 1.56. The van der Waals surface area contributed by atoms with Gasteiger partial charge in [0.05, 0.1) is 23.7 Å². The normalized spacial score (nSPS) is 12.4. The summed E-state index contributed by atoms with van der Waals surface area (Å²) in [7, 11) is -3.20. The summed E-state index contributed by atoms with van der Waals surface area (Å²) in [5.74, 6) is -0.771. The number of hydrogen-bond donors (Lipinski definition) is 2. The molecule has 7 nitrogen and oxygen atoms in total. The standard InChI is InChI=1S/C23H25ClF2N4O3S/c1-14(33-18-9-15(8-17(27)11-18)13-34(2,31)32)4-3-7-28-21-10-16(5-6-19(21)25)22-20(26)12-29-23(24)30-22/h5-6,8-12,14,28H,3-4,7,13,27H2,1-2H3. The molecule has 0 saturated heterocycles. The Bertz CT molecular complexity index is 1280. The van der Waals surface area contributed by atoms with E-state index in [-0.39, 0.29) is 28.5 Å². The van der Waals surface area contributed by atoms with E-state index in [1.54, 1.807) is 18.2 Å². The maximum absolute atomic E-state index is 14.2. The predicted octanol–water partition coefficient (Wildman–Crippen LogP) is 4.86. The molecule has 11 heteroatoms. The lowest BCUT2D eigenvalue weighted by Gasteiger charge is -2.16. The molecule has 1 heterocycles. The van der Waals surface area contributed by atoms with Crippen LogP contribution in [0.15, 0.2) is 42.6 Å². The van der Waals surface area contributed by atoms with Gasteiger partial charge in [-0.15, -0.1) is 0 Å². The fourth-order valence-corrected chi connectivity index (χ4v) is 4.31. The molecule has 1 atom stereocenters. The first-order valence-electron chi connectivity index (χ1n) is 10.5. The van der Waals surface area contributed by atoms with Gasteiger partial charge in [-0.1, -0.05) is 0 Å². The van der Waals surface area contributed by atoms with Crippen LogP contribution in [-0.4, -0.2) is 37.3 Å². The maximum atomic E-state index is 14.2. The van der Waals surface area contributed by atoms with Crippen molar-refractivity contribution < 1.29 is 21.9 Å². The minimum atomic E-state index is -3.20. The third-order valence-electron chi connectivity index (χ3n) is 4.81. The van der Waals surface area contributed by atoms with Crippen LogP contribution in [0.25, 0.3) is 11.3 Å². The summed E-state index contributed by atoms with van der Waals surface area (Å²) in [6.45, 7) is 2.32. The van der Waals surface area contributed by atoms with Crippen molar-refractivity contribution in [1.29, 1.82) is 0 Å². The molecular formula is C23H25ClF2N4O3S. The molecule has 1 unspecified atom stereocenters. The average Bonchev–Trinajstić information content (AvgIpc) is 2.72. The molecule has 1 aromatic heterocycles. The zero-order valence-corrected chi connectivity index (χ0v) is 20.3. The highest BCUT2D eigenvalue weighted by molar-refractivity contribution is 7.89. The van der Waals surface area contributed by atoms with E-state index in [4.69, 9.17) is 22.1 Å². The van der Waals surface area contributed by atoms with Crippen molar-refractivity contribution in [1.82, 2.24) is 9.97 Å². The molecule has 0 aliphatic carbocycles. The molecule has 0 spiro atoms. The fourth-order valence-electron chi connectivity index (χ4n) is 3.40. The van der Waals surface area contributed by atoms with Crippen LogP contribution < -0.4 is 15.8 Å². The van der Waals surface area contributed by atoms with Gasteiger partial charge in [0, 0.05) is 30.1 Å². The van der Waals surface area contributed by atoms with Gasteiger partial charge in [0.15, 0.2) is 15.7 Å². The number of nitrogens with zero attached hydrogens (tertiary/aromatic N) is 2. The Morgan fingerprint density at radius 1 is 1.18 bits per heavy atom. The molecule has 3 N–H and O–H groups in total. The SMILES string of the molecule is CC(CCCNc1cc(-c2nc(Cl)ncc2F)ccc1F)Oc1cc(N)cc(CS(C)(=O)=O)c1. The fraction of sp³-hybridized carbons (Fsp3) is 0.304. The smallest absolute Gasteiger partial charge is 0.223 e. The number of nitrogens with one attached hydrogen (secondary N) is 1. The quantitative estimate of drug-likeness (QED) is 0.228. The summed E-state index contributed by atoms with van der Waals surface area (Å²) >= 11 is 5.75. The van der Waals surface area contributed by atoms with E-state index < -0.39 is 21.5 Å². The van der Waals surface area contributed by atoms with E-state index in [9.17, 15) is 17.2 Å². The zero-order valence-electron chi connectivity index (χ0n) is 18.7. The van der Waals surface area contributed by atoms with E-state index in [0.29, 0.717) is 42.0 Å². The van der Waals surface area contributed by atoms with Crippen molar-refractivity contribution >= 4 is 32.8 Å². The highest BCUT2D eigenvalue weighted by Gasteiger charge is 2.13. The molecule has 0 aliphatic heterocycles. The summed E-state index contributed by atoms with van der Waals surface area (Å²) in [5.41, 5.74) is 7.41. The zero-order chi connectivity index (χ0) is 24.9. The third-order valence-corrected chi connectivity index (χ3v) is 5.85. The van der Waals surface area contributed by atoms with E-state index in [1.807, 2.05) is 6.92 Å². The summed E-state index contributed by atoms with van der Waals surface area (Å²) in [6, 6.07) is 9.01. The Morgan fingerprint density at radius 3 is 2.68 bits per heavy atom. The molecule has 2 aromatic carbocycles. The van der Waals surface area contributed by atoms with Crippen molar-refractivity contribution in [2.45, 2.75) is 31.6 Å². The number of sulfone groups is 1. The van der Waals surface area contributed by atoms with Crippen LogP contribution in [0.5, 0.6) is 5.75 Å². The van der Waals surface area contributed by atoms with E-state index in [0.717, 1.165) is 12.5 Å². The molecule has 0 aliphatic rings. The molecule has 0 bridgehead atoms. The molecule has 182 valence electrons. The highest BCUT2D eigenvalue weighted by atomic mass is 35.5. The number of nitrogen functional groups attached to an aromatic ring is 1. The van der Waals surface area contributed by atoms with Gasteiger partial charge in [-0.25, -0.2) is 27.2 Å². The molecule has 3 rings (SSSR count). The van der Waals surface area contributed by atoms with Crippen LogP contribution >= 0.6 is 11.6 Å². The number of benzene rings is 2. The van der Waals surface area contributed by atoms with Crippen molar-refractivity contribution in [3.8, 4) is 17.0 Å². The van der Waals surface area contributed by atoms with Crippen molar-refractivity contribution in [3.05, 3.63) is 65.1 Å². The van der Waals surface area contributed by atoms with Gasteiger partial charge in [-0.05, 0) is 67.3 Å². The molecule has 0 fully saturated rings. The van der Waals surface area contributed by atoms with E-state index in [1.165, 1.54) is 18.2 Å². The third kappa shape index (κ3) is 7.53. The molecule has 0 radical (unpaired) electrons. The Morgan fingerprint density at radius 2 is 1.94 bits per heavy atom. The number of halogens is 3. The maximum Gasteiger partial charge on any atom is 0.223 e. The predicted molar refractivity (Wildman–Crippen MR) is 130 cm³/mol. The minimum Gasteiger partial charge on any atom is -0.491 e. The van der Waals surface area contributed by atoms with Crippen LogP contribution in [-0.2, 0) is 15.6 Å². The molecule has 0 saturated carbocycles. The number of anilines is 2. The first-order valence-corrected chi connectivity index (χ1v) is 12.9. The second-order valence-electron chi connectivity index (χ2n) is 8.01. The topological polar surface area (TPSA) is 107 Å². The number of aromatic nitrogens is 2. The largest absolute Gasteiger partial charge is 0.491 e. The van der Waals surface area contributed by atoms with Crippen LogP contribution in [0, 0.1) is 11.6 Å². The first kappa shape index (κ1) is 25.6. The number of hydrogen-bond acceptors (Lipinski definition) is 7. The molecule has 3 aromatic rings. The Hall–Kier alpha value is -2.98. The monoisotopic (exact) mass is 510 g/mol. The molecule has 34 heavy (non-hydrogen) atoms. The Kier molecular flexibility index (Phi) is 8.27. The summed E-state index contributed by atoms with van der Waals surface area (Å²) in [4.78, 5) is 7.46. The number of rotatable bonds is 10. The van der Waals surface area contributed by atoms with Gasteiger partial charge in [0.2, 0.25) is 5.28 Å². The lowest BCUT2D eigenvalue weighted by atomic mass is 10.1. The van der Waals surface area contributed by atoms with Gasteiger partial charge in [-0.2, -0.15) is 0 Å². The summed E-state index contributed by atoms with van der Waals surface area (Å²) < 4.78 is 57.3. The minimum absolute atomic E-state index is 0.0116. The van der Waals surface area contributed by atoms with Crippen molar-refractivity contribution in [2.24, 2.45) is 0 Å². The van der Waals surface area contributed by atoms with Crippen LogP contribution in [0.3, 0.4) is 0 Å². The van der Waals surface area contributed by atoms with E-state index in [2.05, 4.69) is 15.3 Å². The van der Waals surface area contributed by atoms with Crippen molar-refractivity contribution in [2.75, 3.05) is 23.9 Å². The molecule has 0 amide bonds. The van der Waals surface area contributed by atoms with Crippen LogP contribution in [0.2, 0.25) is 5.28 Å². The first-order chi connectivity index (χ1) is 16.0. The second-order valence-corrected chi connectivity index (χ2v) is 10.5. The Labute approximate surface area is 202 Å². The van der Waals surface area contributed by atoms with E-state index >= 15 is 0 Å². The number of ether oxygens (including phenoxy) is 1. The lowest BCUT2D eigenvalue weighted by Crippen LogP contribution is -2.14. The van der Waals surface area contributed by atoms with Crippen molar-refractivity contribution in [3.63, 3.8) is 0 Å². The van der Waals surface area contributed by atoms with Gasteiger partial charge in [0.1, 0.15) is 17.3 Å². The average molecular weight is 511 g/mol.